The van der Waals surface area contributed by atoms with Crippen molar-refractivity contribution in [2.75, 3.05) is 6.66 Å². The number of ketones is 2. The molecule has 0 fully saturated rings. The predicted octanol–water partition coefficient (Wildman–Crippen LogP) is 6.98. The summed E-state index contributed by atoms with van der Waals surface area (Å²) in [5.41, 5.74) is 4.95. The molecular weight excluding hydrogens is 363 g/mol. The van der Waals surface area contributed by atoms with Gasteiger partial charge >= 0.3 is 0 Å². The third-order valence-corrected chi connectivity index (χ3v) is 5.68. The number of carbonyl (C=O) groups excluding carboxylic acids is 2. The Balaban J connectivity index is 0.00000190. The van der Waals surface area contributed by atoms with E-state index < -0.39 is 0 Å². The van der Waals surface area contributed by atoms with E-state index in [2.05, 4.69) is 56.0 Å². The molecule has 3 heteroatoms. The Morgan fingerprint density at radius 2 is 1.54 bits per heavy atom. The lowest BCUT2D eigenvalue weighted by atomic mass is 9.79. The first kappa shape index (κ1) is 24.2. The van der Waals surface area contributed by atoms with Gasteiger partial charge in [-0.1, -0.05) is 75.0 Å². The van der Waals surface area contributed by atoms with Crippen molar-refractivity contribution in [3.05, 3.63) is 69.8 Å². The van der Waals surface area contributed by atoms with Crippen molar-refractivity contribution in [2.24, 2.45) is 5.41 Å². The molecular formula is C25H35O2P. The second-order valence-corrected chi connectivity index (χ2v) is 7.89. The predicted molar refractivity (Wildman–Crippen MR) is 124 cm³/mol. The highest BCUT2D eigenvalue weighted by Crippen LogP contribution is 2.33. The van der Waals surface area contributed by atoms with Crippen LogP contribution in [0.2, 0.25) is 0 Å². The zero-order chi connectivity index (χ0) is 21.5. The van der Waals surface area contributed by atoms with Gasteiger partial charge in [-0.2, -0.15) is 0 Å². The first-order valence-corrected chi connectivity index (χ1v) is 11.1. The molecule has 0 N–H and O–H groups in total. The fourth-order valence-corrected chi connectivity index (χ4v) is 3.06. The van der Waals surface area contributed by atoms with Gasteiger partial charge in [0.05, 0.1) is 0 Å². The van der Waals surface area contributed by atoms with Gasteiger partial charge in [0.1, 0.15) is 0 Å². The standard InChI is InChI=1S/C24H30O2.CH5P/c1-7-16(2)14-15-24(5,6)17(3)12-13-19-18(4)22(25)20-10-8-9-11-21(20)23(19)26;1-2/h8-12,14H,7,13,15H2,1-6H3;2H2,1H3/b16-14+,17-12+;. The highest BCUT2D eigenvalue weighted by molar-refractivity contribution is 7.15. The summed E-state index contributed by atoms with van der Waals surface area (Å²) in [6.07, 6.45) is 6.97. The topological polar surface area (TPSA) is 34.1 Å². The van der Waals surface area contributed by atoms with E-state index in [1.54, 1.807) is 25.1 Å². The molecule has 0 amide bonds. The molecule has 0 spiro atoms. The molecule has 1 aromatic rings. The van der Waals surface area contributed by atoms with Crippen molar-refractivity contribution < 1.29 is 9.59 Å². The molecule has 1 unspecified atom stereocenters. The van der Waals surface area contributed by atoms with Gasteiger partial charge < -0.3 is 0 Å². The molecule has 0 bridgehead atoms. The fraction of sp³-hybridized carbons (Fsp3) is 0.440. The Kier molecular flexibility index (Phi) is 9.24. The van der Waals surface area contributed by atoms with Crippen molar-refractivity contribution in [1.82, 2.24) is 0 Å². The van der Waals surface area contributed by atoms with Crippen molar-refractivity contribution >= 4 is 20.8 Å². The molecule has 0 saturated heterocycles. The second-order valence-electron chi connectivity index (χ2n) is 7.89. The molecule has 0 aromatic heterocycles. The Bertz CT molecular complexity index is 823. The SMILES string of the molecule is CC/C(C)=C/CC(C)(C)/C(C)=C/CC1=C(C)C(=O)c2ccccc2C1=O.CP. The molecule has 0 saturated carbocycles. The van der Waals surface area contributed by atoms with E-state index in [0.29, 0.717) is 28.7 Å². The Labute approximate surface area is 173 Å². The van der Waals surface area contributed by atoms with E-state index >= 15 is 0 Å². The van der Waals surface area contributed by atoms with Crippen LogP contribution in [0.4, 0.5) is 0 Å². The highest BCUT2D eigenvalue weighted by Gasteiger charge is 2.29. The van der Waals surface area contributed by atoms with Crippen molar-refractivity contribution in [3.63, 3.8) is 0 Å². The molecule has 2 nitrogen and oxygen atoms in total. The molecule has 1 atom stereocenters. The van der Waals surface area contributed by atoms with Gasteiger partial charge in [0, 0.05) is 22.3 Å². The van der Waals surface area contributed by atoms with E-state index in [1.807, 2.05) is 12.7 Å². The number of rotatable bonds is 6. The minimum Gasteiger partial charge on any atom is -0.289 e. The van der Waals surface area contributed by atoms with Crippen LogP contribution in [-0.4, -0.2) is 18.2 Å². The lowest BCUT2D eigenvalue weighted by molar-refractivity contribution is 0.0973. The maximum atomic E-state index is 12.8. The molecule has 0 heterocycles. The molecule has 152 valence electrons. The summed E-state index contributed by atoms with van der Waals surface area (Å²) in [6.45, 7) is 14.6. The number of benzene rings is 1. The summed E-state index contributed by atoms with van der Waals surface area (Å²) in [5, 5.41) is 0. The second kappa shape index (κ2) is 10.7. The van der Waals surface area contributed by atoms with Gasteiger partial charge in [0.25, 0.3) is 0 Å². The summed E-state index contributed by atoms with van der Waals surface area (Å²) in [4.78, 5) is 25.4. The van der Waals surface area contributed by atoms with Crippen LogP contribution in [0.25, 0.3) is 0 Å². The summed E-state index contributed by atoms with van der Waals surface area (Å²) in [6, 6.07) is 7.11. The average molecular weight is 399 g/mol. The Hall–Kier alpha value is -1.79. The van der Waals surface area contributed by atoms with E-state index in [1.165, 1.54) is 11.1 Å². The van der Waals surface area contributed by atoms with Crippen molar-refractivity contribution in [2.45, 2.75) is 60.8 Å². The molecule has 1 aromatic carbocycles. The lowest BCUT2D eigenvalue weighted by Gasteiger charge is -2.25. The maximum absolute atomic E-state index is 12.8. The average Bonchev–Trinajstić information content (AvgIpc) is 2.71. The van der Waals surface area contributed by atoms with Crippen LogP contribution in [0.5, 0.6) is 0 Å². The number of fused-ring (bicyclic) bond motifs is 1. The van der Waals surface area contributed by atoms with E-state index in [-0.39, 0.29) is 17.0 Å². The van der Waals surface area contributed by atoms with Crippen LogP contribution in [0, 0.1) is 5.41 Å². The third-order valence-electron chi connectivity index (χ3n) is 5.68. The zero-order valence-electron chi connectivity index (χ0n) is 18.5. The van der Waals surface area contributed by atoms with Crippen molar-refractivity contribution in [1.29, 1.82) is 0 Å². The lowest BCUT2D eigenvalue weighted by Crippen LogP contribution is -2.21. The Morgan fingerprint density at radius 1 is 1.00 bits per heavy atom. The number of hydrogen-bond donors (Lipinski definition) is 0. The van der Waals surface area contributed by atoms with Gasteiger partial charge in [-0.25, -0.2) is 0 Å². The summed E-state index contributed by atoms with van der Waals surface area (Å²) >= 11 is 0. The first-order valence-electron chi connectivity index (χ1n) is 9.97. The van der Waals surface area contributed by atoms with E-state index in [9.17, 15) is 9.59 Å². The molecule has 0 aliphatic heterocycles. The van der Waals surface area contributed by atoms with Gasteiger partial charge in [-0.3, -0.25) is 9.59 Å². The van der Waals surface area contributed by atoms with E-state index in [4.69, 9.17) is 0 Å². The normalized spacial score (nSPS) is 15.3. The van der Waals surface area contributed by atoms with Crippen LogP contribution < -0.4 is 0 Å². The number of carbonyl (C=O) groups is 2. The number of Topliss-reactive ketones (excluding diaryl/α,β-unsaturated/α-hetero) is 2. The highest BCUT2D eigenvalue weighted by atomic mass is 31.0. The van der Waals surface area contributed by atoms with Crippen LogP contribution >= 0.6 is 9.24 Å². The summed E-state index contributed by atoms with van der Waals surface area (Å²) in [7, 11) is 2.42. The monoisotopic (exact) mass is 398 g/mol. The summed E-state index contributed by atoms with van der Waals surface area (Å²) in [5.74, 6) is -0.0386. The van der Waals surface area contributed by atoms with Gasteiger partial charge in [0.15, 0.2) is 11.6 Å². The largest absolute Gasteiger partial charge is 0.289 e. The number of hydrogen-bond acceptors (Lipinski definition) is 2. The van der Waals surface area contributed by atoms with Gasteiger partial charge in [-0.05, 0) is 45.4 Å². The smallest absolute Gasteiger partial charge is 0.190 e. The van der Waals surface area contributed by atoms with Crippen molar-refractivity contribution in [3.8, 4) is 0 Å². The van der Waals surface area contributed by atoms with Crippen LogP contribution in [0.1, 0.15) is 81.5 Å². The molecule has 0 radical (unpaired) electrons. The molecule has 28 heavy (non-hydrogen) atoms. The van der Waals surface area contributed by atoms with Gasteiger partial charge in [0.2, 0.25) is 0 Å². The first-order chi connectivity index (χ1) is 13.2. The molecule has 1 aliphatic carbocycles. The van der Waals surface area contributed by atoms with Crippen LogP contribution in [0.15, 0.2) is 58.7 Å². The molecule has 2 rings (SSSR count). The van der Waals surface area contributed by atoms with Crippen LogP contribution in [-0.2, 0) is 0 Å². The van der Waals surface area contributed by atoms with E-state index in [0.717, 1.165) is 12.8 Å². The minimum atomic E-state index is -0.0259. The summed E-state index contributed by atoms with van der Waals surface area (Å²) < 4.78 is 0. The zero-order valence-corrected chi connectivity index (χ0v) is 19.6. The van der Waals surface area contributed by atoms with Gasteiger partial charge in [-0.15, -0.1) is 9.24 Å². The fourth-order valence-electron chi connectivity index (χ4n) is 3.06. The minimum absolute atomic E-state index is 0.0127. The molecule has 1 aliphatic rings. The number of allylic oxidation sites excluding steroid dienone is 6. The third kappa shape index (κ3) is 5.61. The Morgan fingerprint density at radius 3 is 2.07 bits per heavy atom. The van der Waals surface area contributed by atoms with Crippen LogP contribution in [0.3, 0.4) is 0 Å². The quantitative estimate of drug-likeness (QED) is 0.382. The maximum Gasteiger partial charge on any atom is 0.190 e.